The number of anilines is 3. The minimum absolute atomic E-state index is 0.0248. The first-order valence-corrected chi connectivity index (χ1v) is 10.3. The van der Waals surface area contributed by atoms with Crippen LogP contribution < -0.4 is 21.7 Å². The van der Waals surface area contributed by atoms with Crippen LogP contribution in [0.2, 0.25) is 0 Å². The smallest absolute Gasteiger partial charge is 0.397 e. The molecular weight excluding hydrogens is 435 g/mol. The Balaban J connectivity index is 1.62. The molecule has 172 valence electrons. The average Bonchev–Trinajstić information content (AvgIpc) is 2.79. The van der Waals surface area contributed by atoms with Gasteiger partial charge in [0.1, 0.15) is 0 Å². The Morgan fingerprint density at radius 1 is 1.15 bits per heavy atom. The summed E-state index contributed by atoms with van der Waals surface area (Å²) in [5, 5.41) is 2.77. The Bertz CT molecular complexity index is 1170. The SMILES string of the molecule is Nc1ccc(-c2cc(C(F)(F)F)ccn2)nc1C(=O)Nc1cnccc1N1CCC[C@H](N)C1. The quantitative estimate of drug-likeness (QED) is 0.549. The van der Waals surface area contributed by atoms with Gasteiger partial charge in [0.25, 0.3) is 5.91 Å². The van der Waals surface area contributed by atoms with E-state index in [0.29, 0.717) is 12.2 Å². The van der Waals surface area contributed by atoms with E-state index < -0.39 is 17.6 Å². The van der Waals surface area contributed by atoms with Crippen molar-refractivity contribution < 1.29 is 18.0 Å². The normalized spacial score (nSPS) is 16.5. The van der Waals surface area contributed by atoms with Gasteiger partial charge in [-0.15, -0.1) is 0 Å². The van der Waals surface area contributed by atoms with Gasteiger partial charge in [-0.25, -0.2) is 4.98 Å². The molecule has 33 heavy (non-hydrogen) atoms. The number of halogens is 3. The molecule has 8 nitrogen and oxygen atoms in total. The predicted molar refractivity (Wildman–Crippen MR) is 118 cm³/mol. The summed E-state index contributed by atoms with van der Waals surface area (Å²) in [5.74, 6) is -0.614. The molecule has 3 aromatic rings. The molecule has 1 fully saturated rings. The fraction of sp³-hybridized carbons (Fsp3) is 0.273. The number of piperidine rings is 1. The first kappa shape index (κ1) is 22.5. The number of hydrogen-bond donors (Lipinski definition) is 3. The third-order valence-corrected chi connectivity index (χ3v) is 5.34. The molecule has 1 amide bonds. The van der Waals surface area contributed by atoms with Crippen LogP contribution in [0.1, 0.15) is 28.9 Å². The van der Waals surface area contributed by atoms with E-state index in [1.54, 1.807) is 12.3 Å². The van der Waals surface area contributed by atoms with E-state index in [-0.39, 0.29) is 28.8 Å². The first-order chi connectivity index (χ1) is 15.7. The van der Waals surface area contributed by atoms with Crippen LogP contribution in [-0.4, -0.2) is 40.0 Å². The van der Waals surface area contributed by atoms with E-state index in [0.717, 1.165) is 43.4 Å². The second-order valence-electron chi connectivity index (χ2n) is 7.76. The van der Waals surface area contributed by atoms with E-state index in [9.17, 15) is 18.0 Å². The Labute approximate surface area is 187 Å². The zero-order chi connectivity index (χ0) is 23.6. The van der Waals surface area contributed by atoms with Crippen molar-refractivity contribution in [3.8, 4) is 11.4 Å². The third kappa shape index (κ3) is 5.03. The number of nitrogens with two attached hydrogens (primary N) is 2. The highest BCUT2D eigenvalue weighted by Crippen LogP contribution is 2.32. The number of nitrogens with one attached hydrogen (secondary N) is 1. The lowest BCUT2D eigenvalue weighted by atomic mass is 10.1. The molecule has 1 aliphatic rings. The maximum atomic E-state index is 13.1. The van der Waals surface area contributed by atoms with Crippen LogP contribution in [0.15, 0.2) is 48.9 Å². The minimum atomic E-state index is -4.53. The molecule has 0 saturated carbocycles. The second-order valence-corrected chi connectivity index (χ2v) is 7.76. The molecule has 0 unspecified atom stereocenters. The molecule has 0 aliphatic carbocycles. The number of aromatic nitrogens is 3. The zero-order valence-corrected chi connectivity index (χ0v) is 17.5. The maximum absolute atomic E-state index is 13.1. The highest BCUT2D eigenvalue weighted by atomic mass is 19.4. The fourth-order valence-electron chi connectivity index (χ4n) is 3.71. The third-order valence-electron chi connectivity index (χ3n) is 5.34. The standard InChI is InChI=1S/C22H22F3N7O/c23-22(24,25)13-5-8-29-17(10-13)16-4-3-15(27)20(30-16)21(33)31-18-11-28-7-6-19(18)32-9-1-2-14(26)12-32/h3-8,10-11,14H,1-2,9,12,26-27H2,(H,31,33)/t14-/m0/s1. The van der Waals surface area contributed by atoms with Gasteiger partial charge in [0, 0.05) is 31.5 Å². The minimum Gasteiger partial charge on any atom is -0.397 e. The number of nitrogen functional groups attached to an aromatic ring is 1. The Kier molecular flexibility index (Phi) is 6.14. The van der Waals surface area contributed by atoms with Crippen molar-refractivity contribution in [2.45, 2.75) is 25.1 Å². The molecule has 4 rings (SSSR count). The van der Waals surface area contributed by atoms with Gasteiger partial charge in [-0.3, -0.25) is 14.8 Å². The van der Waals surface area contributed by atoms with Gasteiger partial charge in [-0.2, -0.15) is 13.2 Å². The maximum Gasteiger partial charge on any atom is 0.416 e. The summed E-state index contributed by atoms with van der Waals surface area (Å²) in [4.78, 5) is 27.3. The van der Waals surface area contributed by atoms with Crippen molar-refractivity contribution in [3.05, 3.63) is 60.2 Å². The van der Waals surface area contributed by atoms with Crippen LogP contribution in [0.4, 0.5) is 30.2 Å². The molecule has 0 spiro atoms. The van der Waals surface area contributed by atoms with E-state index in [1.807, 2.05) is 0 Å². The highest BCUT2D eigenvalue weighted by Gasteiger charge is 2.31. The zero-order valence-electron chi connectivity index (χ0n) is 17.5. The number of alkyl halides is 3. The van der Waals surface area contributed by atoms with Gasteiger partial charge in [0.15, 0.2) is 5.69 Å². The van der Waals surface area contributed by atoms with Crippen LogP contribution in [0.3, 0.4) is 0 Å². The van der Waals surface area contributed by atoms with Crippen molar-refractivity contribution in [2.75, 3.05) is 29.0 Å². The Morgan fingerprint density at radius 2 is 1.97 bits per heavy atom. The molecule has 1 saturated heterocycles. The summed E-state index contributed by atoms with van der Waals surface area (Å²) in [6.45, 7) is 1.43. The summed E-state index contributed by atoms with van der Waals surface area (Å²) >= 11 is 0. The fourth-order valence-corrected chi connectivity index (χ4v) is 3.71. The summed E-state index contributed by atoms with van der Waals surface area (Å²) in [5.41, 5.74) is 12.4. The van der Waals surface area contributed by atoms with Gasteiger partial charge in [0.2, 0.25) is 0 Å². The molecule has 5 N–H and O–H groups in total. The molecule has 11 heteroatoms. The van der Waals surface area contributed by atoms with Crippen molar-refractivity contribution >= 4 is 23.0 Å². The van der Waals surface area contributed by atoms with Gasteiger partial charge in [-0.05, 0) is 43.2 Å². The molecule has 4 heterocycles. The topological polar surface area (TPSA) is 123 Å². The Morgan fingerprint density at radius 3 is 2.73 bits per heavy atom. The number of hydrogen-bond acceptors (Lipinski definition) is 7. The number of pyridine rings is 3. The largest absolute Gasteiger partial charge is 0.416 e. The number of nitrogens with zero attached hydrogens (tertiary/aromatic N) is 4. The van der Waals surface area contributed by atoms with Crippen molar-refractivity contribution in [2.24, 2.45) is 5.73 Å². The molecule has 3 aromatic heterocycles. The number of carbonyl (C=O) groups is 1. The monoisotopic (exact) mass is 457 g/mol. The van der Waals surface area contributed by atoms with Crippen LogP contribution in [0.25, 0.3) is 11.4 Å². The van der Waals surface area contributed by atoms with Gasteiger partial charge in [-0.1, -0.05) is 0 Å². The van der Waals surface area contributed by atoms with Crippen LogP contribution in [0.5, 0.6) is 0 Å². The molecule has 0 bridgehead atoms. The van der Waals surface area contributed by atoms with Crippen LogP contribution in [0, 0.1) is 0 Å². The lowest BCUT2D eigenvalue weighted by molar-refractivity contribution is -0.137. The van der Waals surface area contributed by atoms with E-state index in [2.05, 4.69) is 25.2 Å². The number of amides is 1. The lowest BCUT2D eigenvalue weighted by Crippen LogP contribution is -2.43. The predicted octanol–water partition coefficient (Wildman–Crippen LogP) is 3.32. The van der Waals surface area contributed by atoms with E-state index >= 15 is 0 Å². The van der Waals surface area contributed by atoms with Gasteiger partial charge >= 0.3 is 6.18 Å². The molecule has 0 aromatic carbocycles. The summed E-state index contributed by atoms with van der Waals surface area (Å²) in [7, 11) is 0. The van der Waals surface area contributed by atoms with Gasteiger partial charge in [0.05, 0.1) is 40.2 Å². The summed E-state index contributed by atoms with van der Waals surface area (Å²) in [6.07, 6.45) is 1.51. The molecule has 1 aliphatic heterocycles. The summed E-state index contributed by atoms with van der Waals surface area (Å²) in [6, 6.07) is 6.38. The Hall–Kier alpha value is -3.73. The molecule has 1 atom stereocenters. The van der Waals surface area contributed by atoms with Crippen molar-refractivity contribution in [3.63, 3.8) is 0 Å². The van der Waals surface area contributed by atoms with Crippen molar-refractivity contribution in [1.82, 2.24) is 15.0 Å². The molecule has 0 radical (unpaired) electrons. The van der Waals surface area contributed by atoms with E-state index in [1.165, 1.54) is 18.3 Å². The van der Waals surface area contributed by atoms with Gasteiger partial charge < -0.3 is 21.7 Å². The second kappa shape index (κ2) is 9.02. The summed E-state index contributed by atoms with van der Waals surface area (Å²) < 4.78 is 39.2. The first-order valence-electron chi connectivity index (χ1n) is 10.3. The highest BCUT2D eigenvalue weighted by molar-refractivity contribution is 6.07. The number of rotatable bonds is 4. The van der Waals surface area contributed by atoms with Crippen LogP contribution >= 0.6 is 0 Å². The lowest BCUT2D eigenvalue weighted by Gasteiger charge is -2.33. The number of carbonyl (C=O) groups excluding carboxylic acids is 1. The average molecular weight is 457 g/mol. The van der Waals surface area contributed by atoms with Crippen LogP contribution in [-0.2, 0) is 6.18 Å². The van der Waals surface area contributed by atoms with E-state index in [4.69, 9.17) is 11.5 Å². The van der Waals surface area contributed by atoms with Crippen molar-refractivity contribution in [1.29, 1.82) is 0 Å². The molecular formula is C22H22F3N7O.